The number of aryl methyl sites for hydroxylation is 1. The Morgan fingerprint density at radius 1 is 1.37 bits per heavy atom. The highest BCUT2D eigenvalue weighted by Gasteiger charge is 2.24. The summed E-state index contributed by atoms with van der Waals surface area (Å²) < 4.78 is 29.4. The van der Waals surface area contributed by atoms with Crippen LogP contribution in [0.3, 0.4) is 0 Å². The van der Waals surface area contributed by atoms with E-state index in [-0.39, 0.29) is 5.56 Å². The second-order valence-corrected chi connectivity index (χ2v) is 7.41. The molecule has 1 atom stereocenters. The zero-order chi connectivity index (χ0) is 14.2. The molecule has 0 fully saturated rings. The van der Waals surface area contributed by atoms with Gasteiger partial charge in [-0.3, -0.25) is 0 Å². The Balaban J connectivity index is 2.44. The van der Waals surface area contributed by atoms with Crippen molar-refractivity contribution >= 4 is 16.7 Å². The molecular weight excluding hydrogens is 263 g/mol. The smallest absolute Gasteiger partial charge is 0.145 e. The molecule has 0 amide bonds. The molecule has 0 spiro atoms. The first kappa shape index (κ1) is 13.9. The number of halogens is 1. The molecular formula is C14H15FN2OS. The topological polar surface area (TPSA) is 53.2 Å². The molecule has 1 aromatic rings. The summed E-state index contributed by atoms with van der Waals surface area (Å²) in [6.07, 6.45) is 1.36. The summed E-state index contributed by atoms with van der Waals surface area (Å²) in [6, 6.07) is 4.73. The highest BCUT2D eigenvalue weighted by atomic mass is 32.2. The molecule has 1 aromatic carbocycles. The van der Waals surface area contributed by atoms with Crippen LogP contribution in [0.5, 0.6) is 0 Å². The second kappa shape index (κ2) is 4.86. The third-order valence-electron chi connectivity index (χ3n) is 2.97. The number of benzene rings is 1. The summed E-state index contributed by atoms with van der Waals surface area (Å²) in [6.45, 7) is 5.55. The van der Waals surface area contributed by atoms with Gasteiger partial charge in [-0.2, -0.15) is 9.66 Å². The fourth-order valence-corrected chi connectivity index (χ4v) is 2.56. The molecule has 3 nitrogen and oxygen atoms in total. The molecule has 100 valence electrons. The molecule has 0 N–H and O–H groups in total. The van der Waals surface area contributed by atoms with Gasteiger partial charge in [-0.25, -0.2) is 8.60 Å². The monoisotopic (exact) mass is 278 g/mol. The van der Waals surface area contributed by atoms with Crippen LogP contribution < -0.4 is 0 Å². The van der Waals surface area contributed by atoms with Gasteiger partial charge in [0.2, 0.25) is 0 Å². The van der Waals surface area contributed by atoms with Crippen molar-refractivity contribution in [2.24, 2.45) is 4.40 Å². The van der Waals surface area contributed by atoms with E-state index in [4.69, 9.17) is 5.26 Å². The summed E-state index contributed by atoms with van der Waals surface area (Å²) >= 11 is 0. The number of fused-ring (bicyclic) bond motifs is 1. The van der Waals surface area contributed by atoms with Crippen molar-refractivity contribution in [2.75, 3.05) is 0 Å². The Bertz CT molecular complexity index is 624. The second-order valence-electron chi connectivity index (χ2n) is 5.50. The first-order valence-electron chi connectivity index (χ1n) is 6.05. The average molecular weight is 278 g/mol. The predicted molar refractivity (Wildman–Crippen MR) is 73.9 cm³/mol. The maximum Gasteiger partial charge on any atom is 0.145 e. The Morgan fingerprint density at radius 2 is 2.05 bits per heavy atom. The summed E-state index contributed by atoms with van der Waals surface area (Å²) in [5, 5.41) is 8.80. The van der Waals surface area contributed by atoms with Gasteiger partial charge in [0.05, 0.1) is 16.0 Å². The van der Waals surface area contributed by atoms with Crippen LogP contribution in [0.2, 0.25) is 0 Å². The average Bonchev–Trinajstić information content (AvgIpc) is 2.69. The van der Waals surface area contributed by atoms with Gasteiger partial charge >= 0.3 is 0 Å². The lowest BCUT2D eigenvalue weighted by atomic mass is 10.1. The molecule has 0 bridgehead atoms. The van der Waals surface area contributed by atoms with Crippen molar-refractivity contribution in [3.8, 4) is 6.07 Å². The van der Waals surface area contributed by atoms with Gasteiger partial charge in [0, 0.05) is 5.56 Å². The highest BCUT2D eigenvalue weighted by molar-refractivity contribution is 7.85. The van der Waals surface area contributed by atoms with Gasteiger partial charge in [0.1, 0.15) is 22.9 Å². The van der Waals surface area contributed by atoms with Crippen LogP contribution >= 0.6 is 0 Å². The minimum Gasteiger partial charge on any atom is -0.234 e. The lowest BCUT2D eigenvalue weighted by Gasteiger charge is -2.14. The quantitative estimate of drug-likeness (QED) is 0.793. The third-order valence-corrected chi connectivity index (χ3v) is 4.41. The molecule has 5 heteroatoms. The molecule has 2 rings (SSSR count). The van der Waals surface area contributed by atoms with Gasteiger partial charge < -0.3 is 0 Å². The molecule has 1 aliphatic rings. The van der Waals surface area contributed by atoms with Gasteiger partial charge in [0.25, 0.3) is 0 Å². The van der Waals surface area contributed by atoms with Crippen LogP contribution in [0.25, 0.3) is 0 Å². The van der Waals surface area contributed by atoms with Crippen molar-refractivity contribution in [2.45, 2.75) is 38.4 Å². The molecule has 0 saturated carbocycles. The first-order chi connectivity index (χ1) is 8.82. The van der Waals surface area contributed by atoms with Crippen molar-refractivity contribution in [1.29, 1.82) is 5.26 Å². The lowest BCUT2D eigenvalue weighted by molar-refractivity contribution is 0.623. The van der Waals surface area contributed by atoms with Crippen LogP contribution in [0.1, 0.15) is 43.9 Å². The van der Waals surface area contributed by atoms with Crippen LogP contribution in [0.4, 0.5) is 4.39 Å². The van der Waals surface area contributed by atoms with E-state index in [9.17, 15) is 8.60 Å². The molecule has 19 heavy (non-hydrogen) atoms. The summed E-state index contributed by atoms with van der Waals surface area (Å²) in [5.41, 5.74) is 2.32. The minimum absolute atomic E-state index is 0.0527. The van der Waals surface area contributed by atoms with E-state index < -0.39 is 21.5 Å². The molecule has 0 radical (unpaired) electrons. The fourth-order valence-electron chi connectivity index (χ4n) is 1.90. The molecule has 0 saturated heterocycles. The minimum atomic E-state index is -1.35. The van der Waals surface area contributed by atoms with E-state index in [0.29, 0.717) is 24.1 Å². The summed E-state index contributed by atoms with van der Waals surface area (Å²) in [5.74, 6) is -0.544. The maximum absolute atomic E-state index is 13.6. The zero-order valence-electron chi connectivity index (χ0n) is 11.2. The van der Waals surface area contributed by atoms with Crippen molar-refractivity contribution < 1.29 is 8.60 Å². The molecule has 0 aromatic heterocycles. The van der Waals surface area contributed by atoms with Crippen molar-refractivity contribution in [3.63, 3.8) is 0 Å². The van der Waals surface area contributed by atoms with Gasteiger partial charge in [-0.1, -0.05) is 0 Å². The Hall–Kier alpha value is -1.54. The molecule has 0 heterocycles. The van der Waals surface area contributed by atoms with Gasteiger partial charge in [0.15, 0.2) is 0 Å². The van der Waals surface area contributed by atoms with E-state index in [1.54, 1.807) is 6.07 Å². The highest BCUT2D eigenvalue weighted by Crippen LogP contribution is 2.27. The van der Waals surface area contributed by atoms with Crippen LogP contribution in [0, 0.1) is 17.1 Å². The molecule has 1 aliphatic carbocycles. The number of rotatable bonds is 1. The third kappa shape index (κ3) is 2.74. The van der Waals surface area contributed by atoms with Gasteiger partial charge in [-0.15, -0.1) is 0 Å². The maximum atomic E-state index is 13.6. The standard InChI is InChI=1S/C14H15FN2OS/c1-14(2,3)19(18)17-13-5-4-9-6-10(8-16)12(15)7-11(9)13/h6-7H,4-5H2,1-3H3. The number of nitriles is 1. The fraction of sp³-hybridized carbons (Fsp3) is 0.429. The van der Waals surface area contributed by atoms with Gasteiger partial charge in [-0.05, 0) is 51.3 Å². The number of hydrogen-bond donors (Lipinski definition) is 0. The summed E-state index contributed by atoms with van der Waals surface area (Å²) in [7, 11) is -1.35. The van der Waals surface area contributed by atoms with E-state index in [1.165, 1.54) is 6.07 Å². The zero-order valence-corrected chi connectivity index (χ0v) is 12.0. The Kier molecular flexibility index (Phi) is 3.55. The normalized spacial score (nSPS) is 18.2. The number of nitrogens with zero attached hydrogens (tertiary/aromatic N) is 2. The van der Waals surface area contributed by atoms with Crippen LogP contribution in [-0.4, -0.2) is 14.7 Å². The molecule has 1 unspecified atom stereocenters. The van der Waals surface area contributed by atoms with Crippen LogP contribution in [0.15, 0.2) is 16.5 Å². The van der Waals surface area contributed by atoms with Crippen LogP contribution in [-0.2, 0) is 17.4 Å². The SMILES string of the molecule is CC(C)(C)S(=O)N=C1CCc2cc(C#N)c(F)cc21. The molecule has 0 aliphatic heterocycles. The Morgan fingerprint density at radius 3 is 2.63 bits per heavy atom. The van der Waals surface area contributed by atoms with Crippen molar-refractivity contribution in [3.05, 3.63) is 34.6 Å². The Labute approximate surface area is 114 Å². The predicted octanol–water partition coefficient (Wildman–Crippen LogP) is 2.89. The van der Waals surface area contributed by atoms with E-state index in [0.717, 1.165) is 5.56 Å². The first-order valence-corrected chi connectivity index (χ1v) is 7.16. The van der Waals surface area contributed by atoms with E-state index >= 15 is 0 Å². The van der Waals surface area contributed by atoms with E-state index in [2.05, 4.69) is 4.40 Å². The summed E-state index contributed by atoms with van der Waals surface area (Å²) in [4.78, 5) is 0. The van der Waals surface area contributed by atoms with Crippen molar-refractivity contribution in [1.82, 2.24) is 0 Å². The van der Waals surface area contributed by atoms with E-state index in [1.807, 2.05) is 26.8 Å². The number of hydrogen-bond acceptors (Lipinski definition) is 2. The lowest BCUT2D eigenvalue weighted by Crippen LogP contribution is -2.20. The largest absolute Gasteiger partial charge is 0.234 e.